The molecule has 0 aliphatic carbocycles. The fourth-order valence-electron chi connectivity index (χ4n) is 1.40. The van der Waals surface area contributed by atoms with E-state index in [0.29, 0.717) is 5.56 Å². The fourth-order valence-corrected chi connectivity index (χ4v) is 1.40. The first-order valence-electron chi connectivity index (χ1n) is 5.47. The molecular weight excluding hydrogens is 248 g/mol. The van der Waals surface area contributed by atoms with Crippen molar-refractivity contribution in [1.82, 2.24) is 0 Å². The number of ether oxygens (including phenoxy) is 1. The van der Waals surface area contributed by atoms with Crippen LogP contribution in [0.15, 0.2) is 18.2 Å². The van der Waals surface area contributed by atoms with Gasteiger partial charge in [0.1, 0.15) is 0 Å². The zero-order valence-electron chi connectivity index (χ0n) is 11.0. The van der Waals surface area contributed by atoms with Crippen LogP contribution < -0.4 is 0 Å². The van der Waals surface area contributed by atoms with Crippen molar-refractivity contribution in [1.29, 1.82) is 0 Å². The molecule has 0 radical (unpaired) electrons. The summed E-state index contributed by atoms with van der Waals surface area (Å²) in [7, 11) is 0. The summed E-state index contributed by atoms with van der Waals surface area (Å²) in [5, 5.41) is 0. The molecule has 0 amide bonds. The molecule has 0 saturated heterocycles. The smallest absolute Gasteiger partial charge is 0.422 e. The molecule has 0 heterocycles. The Morgan fingerprint density at radius 3 is 2.42 bits per heavy atom. The van der Waals surface area contributed by atoms with Crippen LogP contribution in [0, 0.1) is 13.8 Å². The van der Waals surface area contributed by atoms with Gasteiger partial charge in [-0.05, 0) is 32.4 Å². The van der Waals surface area contributed by atoms with Crippen LogP contribution in [0.25, 0.3) is 5.53 Å². The zero-order chi connectivity index (χ0) is 14.8. The Bertz CT molecular complexity index is 540. The molecule has 0 bridgehead atoms. The highest BCUT2D eigenvalue weighted by molar-refractivity contribution is 6.41. The first-order valence-corrected chi connectivity index (χ1v) is 5.47. The highest BCUT2D eigenvalue weighted by Gasteiger charge is 2.25. The van der Waals surface area contributed by atoms with E-state index in [1.165, 1.54) is 0 Å². The first kappa shape index (κ1) is 16.4. The summed E-state index contributed by atoms with van der Waals surface area (Å²) in [5.74, 6) is -0.612. The number of carbonyl (C=O) groups excluding carboxylic acids is 3. The van der Waals surface area contributed by atoms with E-state index < -0.39 is 5.97 Å². The monoisotopic (exact) mass is 262 g/mol. The Labute approximate surface area is 110 Å². The number of rotatable bonds is 3. The number of hydrogen-bond acceptors (Lipinski definition) is 4. The van der Waals surface area contributed by atoms with E-state index in [-0.39, 0.29) is 18.5 Å². The molecule has 0 N–H and O–H groups in total. The van der Waals surface area contributed by atoms with Crippen molar-refractivity contribution in [2.24, 2.45) is 0 Å². The molecule has 1 aromatic rings. The van der Waals surface area contributed by atoms with Gasteiger partial charge in [-0.3, -0.25) is 0 Å². The maximum Gasteiger partial charge on any atom is 0.422 e. The summed E-state index contributed by atoms with van der Waals surface area (Å²) in [6.45, 7) is 5.71. The maximum atomic E-state index is 11.5. The van der Waals surface area contributed by atoms with E-state index in [1.807, 2.05) is 26.0 Å². The van der Waals surface area contributed by atoms with Gasteiger partial charge in [0.2, 0.25) is 0 Å². The maximum absolute atomic E-state index is 11.5. The molecule has 19 heavy (non-hydrogen) atoms. The first-order chi connectivity index (χ1) is 9.01. The van der Waals surface area contributed by atoms with Crippen LogP contribution in [0.2, 0.25) is 0 Å². The highest BCUT2D eigenvalue weighted by atomic mass is 16.5. The average molecular weight is 262 g/mol. The van der Waals surface area contributed by atoms with Crippen molar-refractivity contribution >= 4 is 17.8 Å². The minimum atomic E-state index is -0.612. The van der Waals surface area contributed by atoms with E-state index in [1.54, 1.807) is 13.0 Å². The molecule has 0 fully saturated rings. The molecule has 100 valence electrons. The third-order valence-electron chi connectivity index (χ3n) is 2.22. The summed E-state index contributed by atoms with van der Waals surface area (Å²) in [6.07, 6.45) is 0.250. The van der Waals surface area contributed by atoms with Gasteiger partial charge in [-0.25, -0.2) is 4.79 Å². The van der Waals surface area contributed by atoms with E-state index in [0.717, 1.165) is 11.1 Å². The number of carbonyl (C=O) groups is 1. The van der Waals surface area contributed by atoms with Crippen LogP contribution in [0.3, 0.4) is 0 Å². The number of esters is 1. The van der Waals surface area contributed by atoms with Crippen LogP contribution >= 0.6 is 0 Å². The largest absolute Gasteiger partial charge is 0.457 e. The van der Waals surface area contributed by atoms with E-state index in [2.05, 4.69) is 4.79 Å². The van der Waals surface area contributed by atoms with Gasteiger partial charge in [0.25, 0.3) is 0 Å². The molecule has 0 aromatic heterocycles. The van der Waals surface area contributed by atoms with Gasteiger partial charge in [-0.1, -0.05) is 17.7 Å². The van der Waals surface area contributed by atoms with Crippen LogP contribution in [-0.2, 0) is 19.1 Å². The second-order valence-corrected chi connectivity index (χ2v) is 3.57. The van der Waals surface area contributed by atoms with Crippen molar-refractivity contribution in [2.45, 2.75) is 20.8 Å². The molecule has 1 rings (SSSR count). The Morgan fingerprint density at radius 2 is 1.95 bits per heavy atom. The number of benzene rings is 1. The van der Waals surface area contributed by atoms with Gasteiger partial charge < -0.3 is 10.3 Å². The van der Waals surface area contributed by atoms with Gasteiger partial charge in [-0.2, -0.15) is 14.4 Å². The molecule has 6 heteroatoms. The van der Waals surface area contributed by atoms with Crippen LogP contribution in [-0.4, -0.2) is 29.2 Å². The summed E-state index contributed by atoms with van der Waals surface area (Å²) >= 11 is 0. The predicted molar refractivity (Wildman–Crippen MR) is 65.3 cm³/mol. The van der Waals surface area contributed by atoms with Crippen LogP contribution in [0.5, 0.6) is 0 Å². The Morgan fingerprint density at radius 1 is 1.37 bits per heavy atom. The summed E-state index contributed by atoms with van der Waals surface area (Å²) in [6, 6.07) is 5.59. The molecule has 0 spiro atoms. The molecule has 0 aliphatic rings. The number of hydrogen-bond donors (Lipinski definition) is 0. The lowest BCUT2D eigenvalue weighted by Crippen LogP contribution is -2.20. The lowest BCUT2D eigenvalue weighted by molar-refractivity contribution is -0.191. The van der Waals surface area contributed by atoms with Gasteiger partial charge in [-0.15, -0.1) is 0 Å². The quantitative estimate of drug-likeness (QED) is 0.355. The van der Waals surface area contributed by atoms with E-state index in [4.69, 9.17) is 19.9 Å². The van der Waals surface area contributed by atoms with Crippen LogP contribution in [0.1, 0.15) is 23.6 Å². The molecule has 0 saturated carbocycles. The third-order valence-corrected chi connectivity index (χ3v) is 2.22. The van der Waals surface area contributed by atoms with Crippen molar-refractivity contribution in [3.63, 3.8) is 0 Å². The Kier molecular flexibility index (Phi) is 7.38. The van der Waals surface area contributed by atoms with E-state index >= 15 is 0 Å². The van der Waals surface area contributed by atoms with Gasteiger partial charge in [0.15, 0.2) is 0 Å². The van der Waals surface area contributed by atoms with E-state index in [9.17, 15) is 4.79 Å². The van der Waals surface area contributed by atoms with Crippen molar-refractivity contribution in [3.8, 4) is 0 Å². The second kappa shape index (κ2) is 8.53. The highest BCUT2D eigenvalue weighted by Crippen LogP contribution is 2.11. The van der Waals surface area contributed by atoms with Crippen molar-refractivity contribution < 1.29 is 23.9 Å². The molecular formula is C13H14N2O4. The molecule has 1 aromatic carbocycles. The SMILES string of the molecule is CCOC(=O)C(=[N+]=[N-])c1cc(C)ccc1C.O=C=O. The van der Waals surface area contributed by atoms with Gasteiger partial charge in [0, 0.05) is 0 Å². The predicted octanol–water partition coefficient (Wildman–Crippen LogP) is 1.30. The average Bonchev–Trinajstić information content (AvgIpc) is 2.36. The van der Waals surface area contributed by atoms with Gasteiger partial charge >= 0.3 is 17.8 Å². The lowest BCUT2D eigenvalue weighted by Gasteiger charge is -2.02. The summed E-state index contributed by atoms with van der Waals surface area (Å²) in [5.41, 5.74) is 11.3. The topological polar surface area (TPSA) is 96.8 Å². The molecule has 0 aliphatic heterocycles. The lowest BCUT2D eigenvalue weighted by atomic mass is 10.0. The fraction of sp³-hybridized carbons (Fsp3) is 0.308. The van der Waals surface area contributed by atoms with Gasteiger partial charge in [0.05, 0.1) is 12.2 Å². The summed E-state index contributed by atoms with van der Waals surface area (Å²) < 4.78 is 4.81. The normalized spacial score (nSPS) is 8.37. The van der Waals surface area contributed by atoms with Crippen molar-refractivity contribution in [3.05, 3.63) is 40.4 Å². The minimum Gasteiger partial charge on any atom is -0.457 e. The minimum absolute atomic E-state index is 0.0527. The Hall–Kier alpha value is -2.55. The number of nitrogens with zero attached hydrogens (tertiary/aromatic N) is 2. The zero-order valence-corrected chi connectivity index (χ0v) is 11.0. The molecule has 0 atom stereocenters. The standard InChI is InChI=1S/C12H14N2O2.CO2/c1-4-16-12(15)11(14-13)10-7-8(2)5-6-9(10)3;2-1-3/h5-7H,4H2,1-3H3;. The summed E-state index contributed by atoms with van der Waals surface area (Å²) in [4.78, 5) is 30.8. The van der Waals surface area contributed by atoms with Crippen LogP contribution in [0.4, 0.5) is 0 Å². The van der Waals surface area contributed by atoms with Crippen molar-refractivity contribution in [2.75, 3.05) is 6.61 Å². The number of aryl methyl sites for hydroxylation is 2. The molecule has 6 nitrogen and oxygen atoms in total. The third kappa shape index (κ3) is 5.08. The molecule has 0 unspecified atom stereocenters. The second-order valence-electron chi connectivity index (χ2n) is 3.57. The Balaban J connectivity index is 0.000000982.